The summed E-state index contributed by atoms with van der Waals surface area (Å²) in [6.07, 6.45) is 11.1. The van der Waals surface area contributed by atoms with Gasteiger partial charge in [0.25, 0.3) is 0 Å². The van der Waals surface area contributed by atoms with E-state index in [2.05, 4.69) is 6.92 Å². The van der Waals surface area contributed by atoms with Gasteiger partial charge in [-0.2, -0.15) is 0 Å². The standard InChI is InChI=1S/C13H23ClO/c1-2-3-4-5-11-6-8-12(9-7-11)10-13(14)15/h11-12H,2-10H2,1H3. The van der Waals surface area contributed by atoms with Crippen molar-refractivity contribution in [1.82, 2.24) is 0 Å². The first kappa shape index (κ1) is 13.0. The van der Waals surface area contributed by atoms with Crippen molar-refractivity contribution in [3.8, 4) is 0 Å². The SMILES string of the molecule is CCCCCC1CCC(CC(=O)Cl)CC1. The van der Waals surface area contributed by atoms with Crippen LogP contribution in [0.15, 0.2) is 0 Å². The van der Waals surface area contributed by atoms with Crippen LogP contribution in [-0.4, -0.2) is 5.24 Å². The van der Waals surface area contributed by atoms with Gasteiger partial charge in [-0.1, -0.05) is 45.4 Å². The van der Waals surface area contributed by atoms with Crippen molar-refractivity contribution < 1.29 is 4.79 Å². The zero-order valence-electron chi connectivity index (χ0n) is 9.80. The molecule has 1 saturated carbocycles. The molecule has 1 aliphatic rings. The quantitative estimate of drug-likeness (QED) is 0.484. The predicted octanol–water partition coefficient (Wildman–Crippen LogP) is 4.53. The normalized spacial score (nSPS) is 26.5. The molecule has 1 aliphatic carbocycles. The lowest BCUT2D eigenvalue weighted by Crippen LogP contribution is -2.16. The topological polar surface area (TPSA) is 17.1 Å². The average Bonchev–Trinajstić information content (AvgIpc) is 2.20. The molecule has 0 unspecified atom stereocenters. The van der Waals surface area contributed by atoms with Gasteiger partial charge in [0.2, 0.25) is 5.24 Å². The van der Waals surface area contributed by atoms with Crippen LogP contribution in [0, 0.1) is 11.8 Å². The summed E-state index contributed by atoms with van der Waals surface area (Å²) in [4.78, 5) is 10.8. The van der Waals surface area contributed by atoms with Crippen molar-refractivity contribution in [3.05, 3.63) is 0 Å². The van der Waals surface area contributed by atoms with Crippen molar-refractivity contribution in [2.24, 2.45) is 11.8 Å². The first-order valence-corrected chi connectivity index (χ1v) is 6.78. The third-order valence-corrected chi connectivity index (χ3v) is 3.79. The van der Waals surface area contributed by atoms with E-state index < -0.39 is 0 Å². The monoisotopic (exact) mass is 230 g/mol. The van der Waals surface area contributed by atoms with Crippen LogP contribution in [0.25, 0.3) is 0 Å². The molecule has 0 spiro atoms. The van der Waals surface area contributed by atoms with Gasteiger partial charge in [-0.15, -0.1) is 0 Å². The fraction of sp³-hybridized carbons (Fsp3) is 0.923. The van der Waals surface area contributed by atoms with E-state index in [4.69, 9.17) is 11.6 Å². The van der Waals surface area contributed by atoms with E-state index in [1.54, 1.807) is 0 Å². The van der Waals surface area contributed by atoms with Gasteiger partial charge in [0.1, 0.15) is 0 Å². The summed E-state index contributed by atoms with van der Waals surface area (Å²) in [5.74, 6) is 1.51. The van der Waals surface area contributed by atoms with Crippen molar-refractivity contribution in [2.75, 3.05) is 0 Å². The second kappa shape index (κ2) is 7.27. The Morgan fingerprint density at radius 2 is 1.73 bits per heavy atom. The minimum Gasteiger partial charge on any atom is -0.281 e. The van der Waals surface area contributed by atoms with E-state index in [1.807, 2.05) is 0 Å². The van der Waals surface area contributed by atoms with Gasteiger partial charge in [-0.3, -0.25) is 4.79 Å². The highest BCUT2D eigenvalue weighted by molar-refractivity contribution is 6.63. The van der Waals surface area contributed by atoms with E-state index in [9.17, 15) is 4.79 Å². The summed E-state index contributed by atoms with van der Waals surface area (Å²) >= 11 is 5.41. The van der Waals surface area contributed by atoms with Crippen LogP contribution in [0.5, 0.6) is 0 Å². The van der Waals surface area contributed by atoms with E-state index >= 15 is 0 Å². The first-order chi connectivity index (χ1) is 7.22. The molecule has 0 aromatic heterocycles. The molecule has 2 heteroatoms. The smallest absolute Gasteiger partial charge is 0.221 e. The Balaban J connectivity index is 2.10. The summed E-state index contributed by atoms with van der Waals surface area (Å²) in [6.45, 7) is 2.25. The molecule has 0 N–H and O–H groups in total. The minimum atomic E-state index is -0.149. The largest absolute Gasteiger partial charge is 0.281 e. The van der Waals surface area contributed by atoms with Gasteiger partial charge < -0.3 is 0 Å². The predicted molar refractivity (Wildman–Crippen MR) is 65.1 cm³/mol. The Bertz CT molecular complexity index is 183. The number of hydrogen-bond donors (Lipinski definition) is 0. The molecule has 0 heterocycles. The lowest BCUT2D eigenvalue weighted by Gasteiger charge is -2.27. The summed E-state index contributed by atoms with van der Waals surface area (Å²) in [5, 5.41) is -0.149. The molecule has 0 aromatic rings. The molecule has 0 bridgehead atoms. The number of carbonyl (C=O) groups is 1. The van der Waals surface area contributed by atoms with E-state index in [0.29, 0.717) is 12.3 Å². The Hall–Kier alpha value is -0.0400. The van der Waals surface area contributed by atoms with Crippen LogP contribution in [0.4, 0.5) is 0 Å². The highest BCUT2D eigenvalue weighted by Crippen LogP contribution is 2.33. The summed E-state index contributed by atoms with van der Waals surface area (Å²) in [5.41, 5.74) is 0. The third kappa shape index (κ3) is 5.55. The van der Waals surface area contributed by atoms with Gasteiger partial charge in [0.05, 0.1) is 0 Å². The summed E-state index contributed by atoms with van der Waals surface area (Å²) in [6, 6.07) is 0. The Labute approximate surface area is 98.6 Å². The van der Waals surface area contributed by atoms with Gasteiger partial charge in [0, 0.05) is 6.42 Å². The molecular formula is C13H23ClO. The fourth-order valence-corrected chi connectivity index (χ4v) is 2.85. The molecule has 1 fully saturated rings. The van der Waals surface area contributed by atoms with Crippen LogP contribution in [0.1, 0.15) is 64.7 Å². The van der Waals surface area contributed by atoms with Crippen molar-refractivity contribution in [3.63, 3.8) is 0 Å². The molecule has 0 aromatic carbocycles. The van der Waals surface area contributed by atoms with Gasteiger partial charge in [-0.05, 0) is 36.3 Å². The Morgan fingerprint density at radius 1 is 1.13 bits per heavy atom. The van der Waals surface area contributed by atoms with Crippen LogP contribution in [0.3, 0.4) is 0 Å². The van der Waals surface area contributed by atoms with Crippen molar-refractivity contribution in [2.45, 2.75) is 64.7 Å². The number of unbranched alkanes of at least 4 members (excludes halogenated alkanes) is 2. The average molecular weight is 231 g/mol. The maximum Gasteiger partial charge on any atom is 0.221 e. The molecule has 1 rings (SSSR count). The zero-order valence-corrected chi connectivity index (χ0v) is 10.6. The number of hydrogen-bond acceptors (Lipinski definition) is 1. The van der Waals surface area contributed by atoms with Gasteiger partial charge in [0.15, 0.2) is 0 Å². The Kier molecular flexibility index (Phi) is 6.31. The second-order valence-corrected chi connectivity index (χ2v) is 5.36. The molecule has 0 amide bonds. The zero-order chi connectivity index (χ0) is 11.1. The third-order valence-electron chi connectivity index (χ3n) is 3.63. The summed E-state index contributed by atoms with van der Waals surface area (Å²) < 4.78 is 0. The molecule has 0 saturated heterocycles. The maximum absolute atomic E-state index is 10.8. The second-order valence-electron chi connectivity index (χ2n) is 4.94. The first-order valence-electron chi connectivity index (χ1n) is 6.40. The minimum absolute atomic E-state index is 0.149. The van der Waals surface area contributed by atoms with Crippen molar-refractivity contribution in [1.29, 1.82) is 0 Å². The molecule has 15 heavy (non-hydrogen) atoms. The lowest BCUT2D eigenvalue weighted by atomic mass is 9.79. The van der Waals surface area contributed by atoms with Crippen LogP contribution in [0.2, 0.25) is 0 Å². The van der Waals surface area contributed by atoms with E-state index in [0.717, 1.165) is 5.92 Å². The summed E-state index contributed by atoms with van der Waals surface area (Å²) in [7, 11) is 0. The molecule has 0 radical (unpaired) electrons. The van der Waals surface area contributed by atoms with Gasteiger partial charge in [-0.25, -0.2) is 0 Å². The molecular weight excluding hydrogens is 208 g/mol. The van der Waals surface area contributed by atoms with Gasteiger partial charge >= 0.3 is 0 Å². The number of carbonyl (C=O) groups excluding carboxylic acids is 1. The maximum atomic E-state index is 10.8. The highest BCUT2D eigenvalue weighted by Gasteiger charge is 2.21. The van der Waals surface area contributed by atoms with Crippen molar-refractivity contribution >= 4 is 16.8 Å². The van der Waals surface area contributed by atoms with E-state index in [-0.39, 0.29) is 5.24 Å². The lowest BCUT2D eigenvalue weighted by molar-refractivity contribution is -0.112. The van der Waals surface area contributed by atoms with Crippen LogP contribution < -0.4 is 0 Å². The molecule has 1 nitrogen and oxygen atoms in total. The number of halogens is 1. The van der Waals surface area contributed by atoms with E-state index in [1.165, 1.54) is 51.4 Å². The Morgan fingerprint density at radius 3 is 2.27 bits per heavy atom. The molecule has 0 atom stereocenters. The fourth-order valence-electron chi connectivity index (χ4n) is 2.63. The van der Waals surface area contributed by atoms with Crippen LogP contribution >= 0.6 is 11.6 Å². The highest BCUT2D eigenvalue weighted by atomic mass is 35.5. The molecule has 0 aliphatic heterocycles. The number of rotatable bonds is 6. The van der Waals surface area contributed by atoms with Crippen LogP contribution in [-0.2, 0) is 4.79 Å². The molecule has 88 valence electrons.